The van der Waals surface area contributed by atoms with Gasteiger partial charge in [0.1, 0.15) is 0 Å². The lowest BCUT2D eigenvalue weighted by Gasteiger charge is -2.05. The number of nitrogens with two attached hydrogens (primary N) is 1. The SMILES string of the molecule is NC(=O)N1C=Cc2cc3c(cc2C=N1)OCO3. The Morgan fingerprint density at radius 2 is 2.00 bits per heavy atom. The lowest BCUT2D eigenvalue weighted by molar-refractivity contribution is 0.174. The molecule has 2 aliphatic rings. The smallest absolute Gasteiger partial charge is 0.339 e. The Balaban J connectivity index is 2.06. The van der Waals surface area contributed by atoms with Crippen molar-refractivity contribution in [1.29, 1.82) is 0 Å². The summed E-state index contributed by atoms with van der Waals surface area (Å²) in [6, 6.07) is 3.02. The van der Waals surface area contributed by atoms with Crippen LogP contribution in [0.1, 0.15) is 11.1 Å². The molecule has 6 heteroatoms. The van der Waals surface area contributed by atoms with Gasteiger partial charge in [0, 0.05) is 11.8 Å². The standard InChI is InChI=1S/C11H9N3O3/c12-11(15)14-2-1-7-3-9-10(17-6-16-9)4-8(7)5-13-14/h1-5H,6H2,(H2,12,15). The van der Waals surface area contributed by atoms with Gasteiger partial charge in [0.05, 0.1) is 6.21 Å². The van der Waals surface area contributed by atoms with Crippen LogP contribution in [-0.4, -0.2) is 24.0 Å². The second kappa shape index (κ2) is 3.51. The van der Waals surface area contributed by atoms with Crippen molar-refractivity contribution in [1.82, 2.24) is 5.01 Å². The Kier molecular flexibility index (Phi) is 2.01. The quantitative estimate of drug-likeness (QED) is 0.726. The molecule has 2 N–H and O–H groups in total. The first kappa shape index (κ1) is 9.71. The third kappa shape index (κ3) is 1.59. The number of hydrazone groups is 1. The second-order valence-corrected chi connectivity index (χ2v) is 3.58. The van der Waals surface area contributed by atoms with E-state index in [9.17, 15) is 4.79 Å². The molecule has 0 saturated heterocycles. The number of hydrogen-bond acceptors (Lipinski definition) is 4. The second-order valence-electron chi connectivity index (χ2n) is 3.58. The summed E-state index contributed by atoms with van der Waals surface area (Å²) >= 11 is 0. The van der Waals surface area contributed by atoms with Gasteiger partial charge >= 0.3 is 6.03 Å². The average Bonchev–Trinajstić information content (AvgIpc) is 2.64. The van der Waals surface area contributed by atoms with E-state index in [0.717, 1.165) is 16.1 Å². The molecule has 2 amide bonds. The van der Waals surface area contributed by atoms with Crippen molar-refractivity contribution >= 4 is 18.3 Å². The first-order valence-electron chi connectivity index (χ1n) is 4.98. The number of amides is 2. The fourth-order valence-corrected chi connectivity index (χ4v) is 1.67. The first-order valence-corrected chi connectivity index (χ1v) is 4.98. The van der Waals surface area contributed by atoms with E-state index in [2.05, 4.69) is 5.10 Å². The molecule has 0 radical (unpaired) electrons. The Morgan fingerprint density at radius 1 is 1.29 bits per heavy atom. The summed E-state index contributed by atoms with van der Waals surface area (Å²) < 4.78 is 10.5. The molecule has 2 heterocycles. The van der Waals surface area contributed by atoms with Crippen LogP contribution < -0.4 is 15.2 Å². The van der Waals surface area contributed by atoms with Crippen LogP contribution in [0.2, 0.25) is 0 Å². The highest BCUT2D eigenvalue weighted by molar-refractivity contribution is 5.89. The van der Waals surface area contributed by atoms with Crippen molar-refractivity contribution in [2.45, 2.75) is 0 Å². The highest BCUT2D eigenvalue weighted by Crippen LogP contribution is 2.35. The van der Waals surface area contributed by atoms with Crippen molar-refractivity contribution in [3.05, 3.63) is 29.5 Å². The molecular weight excluding hydrogens is 222 g/mol. The summed E-state index contributed by atoms with van der Waals surface area (Å²) in [5.41, 5.74) is 6.87. The van der Waals surface area contributed by atoms with E-state index < -0.39 is 6.03 Å². The Labute approximate surface area is 96.9 Å². The van der Waals surface area contributed by atoms with Crippen LogP contribution in [0.4, 0.5) is 4.79 Å². The molecule has 0 atom stereocenters. The number of carbonyl (C=O) groups excluding carboxylic acids is 1. The third-order valence-corrected chi connectivity index (χ3v) is 2.52. The molecule has 0 spiro atoms. The van der Waals surface area contributed by atoms with Gasteiger partial charge in [0.15, 0.2) is 11.5 Å². The molecule has 0 fully saturated rings. The molecule has 6 nitrogen and oxygen atoms in total. The third-order valence-electron chi connectivity index (χ3n) is 2.52. The van der Waals surface area contributed by atoms with Crippen molar-refractivity contribution in [3.63, 3.8) is 0 Å². The van der Waals surface area contributed by atoms with E-state index in [-0.39, 0.29) is 6.79 Å². The molecule has 0 saturated carbocycles. The number of carbonyl (C=O) groups is 1. The van der Waals surface area contributed by atoms with Gasteiger partial charge < -0.3 is 15.2 Å². The molecular formula is C11H9N3O3. The predicted octanol–water partition coefficient (Wildman–Crippen LogP) is 1.11. The monoisotopic (exact) mass is 231 g/mol. The van der Waals surface area contributed by atoms with Crippen LogP contribution in [-0.2, 0) is 0 Å². The zero-order chi connectivity index (χ0) is 11.8. The van der Waals surface area contributed by atoms with Gasteiger partial charge in [0.2, 0.25) is 6.79 Å². The summed E-state index contributed by atoms with van der Waals surface area (Å²) in [5.74, 6) is 1.37. The zero-order valence-electron chi connectivity index (χ0n) is 8.79. The van der Waals surface area contributed by atoms with Gasteiger partial charge in [-0.05, 0) is 23.8 Å². The lowest BCUT2D eigenvalue weighted by atomic mass is 10.1. The number of fused-ring (bicyclic) bond motifs is 2. The minimum atomic E-state index is -0.634. The molecule has 2 aliphatic heterocycles. The van der Waals surface area contributed by atoms with Gasteiger partial charge in [0.25, 0.3) is 0 Å². The summed E-state index contributed by atoms with van der Waals surface area (Å²) in [5, 5.41) is 5.00. The Hall–Kier alpha value is -2.50. The number of ether oxygens (including phenoxy) is 2. The largest absolute Gasteiger partial charge is 0.454 e. The summed E-state index contributed by atoms with van der Waals surface area (Å²) in [6.07, 6.45) is 4.81. The number of nitrogens with zero attached hydrogens (tertiary/aromatic N) is 2. The van der Waals surface area contributed by atoms with Crippen LogP contribution in [0.25, 0.3) is 6.08 Å². The van der Waals surface area contributed by atoms with E-state index in [1.807, 2.05) is 12.1 Å². The molecule has 0 aliphatic carbocycles. The number of urea groups is 1. The van der Waals surface area contributed by atoms with E-state index in [1.165, 1.54) is 6.20 Å². The van der Waals surface area contributed by atoms with Crippen LogP contribution in [0.3, 0.4) is 0 Å². The lowest BCUT2D eigenvalue weighted by Crippen LogP contribution is -2.26. The highest BCUT2D eigenvalue weighted by atomic mass is 16.7. The highest BCUT2D eigenvalue weighted by Gasteiger charge is 2.17. The topological polar surface area (TPSA) is 77.2 Å². The van der Waals surface area contributed by atoms with Gasteiger partial charge in [-0.2, -0.15) is 10.1 Å². The normalized spacial score (nSPS) is 15.6. The number of benzene rings is 1. The Bertz CT molecular complexity index is 510. The van der Waals surface area contributed by atoms with Crippen LogP contribution in [0, 0.1) is 0 Å². The molecule has 1 aromatic carbocycles. The molecule has 0 bridgehead atoms. The van der Waals surface area contributed by atoms with Crippen LogP contribution >= 0.6 is 0 Å². The molecule has 3 rings (SSSR count). The molecule has 86 valence electrons. The van der Waals surface area contributed by atoms with Crippen molar-refractivity contribution in [2.24, 2.45) is 10.8 Å². The van der Waals surface area contributed by atoms with E-state index in [4.69, 9.17) is 15.2 Å². The fourth-order valence-electron chi connectivity index (χ4n) is 1.67. The molecule has 17 heavy (non-hydrogen) atoms. The maximum absolute atomic E-state index is 11.0. The summed E-state index contributed by atoms with van der Waals surface area (Å²) in [7, 11) is 0. The van der Waals surface area contributed by atoms with E-state index >= 15 is 0 Å². The minimum Gasteiger partial charge on any atom is -0.454 e. The number of primary amides is 1. The van der Waals surface area contributed by atoms with Gasteiger partial charge in [-0.25, -0.2) is 4.79 Å². The number of rotatable bonds is 0. The maximum atomic E-state index is 11.0. The fraction of sp³-hybridized carbons (Fsp3) is 0.0909. The van der Waals surface area contributed by atoms with Crippen LogP contribution in [0.15, 0.2) is 23.4 Å². The van der Waals surface area contributed by atoms with E-state index in [0.29, 0.717) is 11.5 Å². The van der Waals surface area contributed by atoms with Crippen molar-refractivity contribution in [2.75, 3.05) is 6.79 Å². The molecule has 0 unspecified atom stereocenters. The first-order chi connectivity index (χ1) is 8.24. The molecule has 1 aromatic rings. The predicted molar refractivity (Wildman–Crippen MR) is 60.6 cm³/mol. The van der Waals surface area contributed by atoms with E-state index in [1.54, 1.807) is 12.3 Å². The van der Waals surface area contributed by atoms with Crippen LogP contribution in [0.5, 0.6) is 11.5 Å². The zero-order valence-corrected chi connectivity index (χ0v) is 8.79. The average molecular weight is 231 g/mol. The van der Waals surface area contributed by atoms with Gasteiger partial charge in [-0.1, -0.05) is 0 Å². The van der Waals surface area contributed by atoms with Crippen molar-refractivity contribution < 1.29 is 14.3 Å². The summed E-state index contributed by atoms with van der Waals surface area (Å²) in [6.45, 7) is 0.229. The maximum Gasteiger partial charge on any atom is 0.339 e. The van der Waals surface area contributed by atoms with Crippen molar-refractivity contribution in [3.8, 4) is 11.5 Å². The number of hydrogen-bond donors (Lipinski definition) is 1. The summed E-state index contributed by atoms with van der Waals surface area (Å²) in [4.78, 5) is 11.0. The van der Waals surface area contributed by atoms with Gasteiger partial charge in [-0.3, -0.25) is 0 Å². The Morgan fingerprint density at radius 3 is 2.71 bits per heavy atom. The van der Waals surface area contributed by atoms with Gasteiger partial charge in [-0.15, -0.1) is 0 Å². The molecule has 0 aromatic heterocycles. The minimum absolute atomic E-state index is 0.229.